The number of rotatable bonds is 4. The molecule has 3 aliphatic rings. The van der Waals surface area contributed by atoms with Crippen LogP contribution in [0.5, 0.6) is 0 Å². The number of ether oxygens (including phenoxy) is 1. The first kappa shape index (κ1) is 26.7. The van der Waals surface area contributed by atoms with E-state index in [9.17, 15) is 18.8 Å². The topological polar surface area (TPSA) is 76.2 Å². The Morgan fingerprint density at radius 1 is 1.05 bits per heavy atom. The van der Waals surface area contributed by atoms with E-state index in [-0.39, 0.29) is 5.41 Å². The van der Waals surface area contributed by atoms with Gasteiger partial charge < -0.3 is 4.74 Å². The molecule has 0 bridgehead atoms. The van der Waals surface area contributed by atoms with E-state index in [0.29, 0.717) is 34.2 Å². The highest BCUT2D eigenvalue weighted by Gasteiger charge is 2.61. The van der Waals surface area contributed by atoms with Crippen molar-refractivity contribution in [2.75, 3.05) is 17.1 Å². The number of benzene rings is 2. The van der Waals surface area contributed by atoms with Crippen molar-refractivity contribution in [1.29, 1.82) is 0 Å². The number of nitrogens with zero attached hydrogens (tertiary/aromatic N) is 2. The van der Waals surface area contributed by atoms with Crippen LogP contribution in [-0.4, -0.2) is 31.0 Å². The van der Waals surface area contributed by atoms with Crippen molar-refractivity contribution in [3.8, 4) is 0 Å². The molecule has 4 unspecified atom stereocenters. The van der Waals surface area contributed by atoms with Crippen LogP contribution in [0, 0.1) is 23.1 Å². The molecule has 6 rings (SSSR count). The highest BCUT2D eigenvalue weighted by Crippen LogP contribution is 2.51. The largest absolute Gasteiger partial charge is 0.465 e. The van der Waals surface area contributed by atoms with E-state index in [4.69, 9.17) is 9.57 Å². The average molecular weight is 563 g/mol. The van der Waals surface area contributed by atoms with Gasteiger partial charge >= 0.3 is 5.97 Å². The summed E-state index contributed by atoms with van der Waals surface area (Å²) in [5.41, 5.74) is 2.57. The number of anilines is 2. The number of esters is 1. The van der Waals surface area contributed by atoms with Crippen LogP contribution in [0.4, 0.5) is 15.1 Å². The van der Waals surface area contributed by atoms with Crippen molar-refractivity contribution in [2.45, 2.75) is 52.2 Å². The molecule has 2 amide bonds. The molecule has 0 radical (unpaired) electrons. The SMILES string of the molecule is COC(=O)c1c(N2C(=O)C3ON(c4ccccc4)C(c4ccc(F)cc4)C3C2=O)sc2c1CCC(C(C)(C)C)C2. The zero-order valence-corrected chi connectivity index (χ0v) is 23.7. The van der Waals surface area contributed by atoms with Gasteiger partial charge in [0.25, 0.3) is 5.91 Å². The monoisotopic (exact) mass is 562 g/mol. The standard InChI is InChI=1S/C31H31FN2O5S/c1-31(2,3)18-12-15-21-22(16-18)40-29(23(21)30(37)38-4)33-27(35)24-25(17-10-13-19(32)14-11-17)34(39-26(24)28(33)36)20-8-6-5-7-9-20/h5-11,13-14,18,24-26H,12,15-16H2,1-4H3. The fourth-order valence-electron chi connectivity index (χ4n) is 6.19. The van der Waals surface area contributed by atoms with Crippen molar-refractivity contribution < 1.29 is 28.3 Å². The van der Waals surface area contributed by atoms with Gasteiger partial charge in [0, 0.05) is 4.88 Å². The van der Waals surface area contributed by atoms with E-state index >= 15 is 0 Å². The van der Waals surface area contributed by atoms with Gasteiger partial charge in [0.1, 0.15) is 16.7 Å². The Bertz CT molecular complexity index is 1480. The molecule has 9 heteroatoms. The molecular weight excluding hydrogens is 531 g/mol. The number of para-hydroxylation sites is 1. The molecule has 2 saturated heterocycles. The van der Waals surface area contributed by atoms with E-state index in [0.717, 1.165) is 28.2 Å². The molecule has 0 saturated carbocycles. The van der Waals surface area contributed by atoms with E-state index in [1.54, 1.807) is 17.2 Å². The molecule has 3 heterocycles. The molecule has 0 N–H and O–H groups in total. The van der Waals surface area contributed by atoms with Crippen LogP contribution in [0.2, 0.25) is 0 Å². The van der Waals surface area contributed by atoms with Crippen LogP contribution < -0.4 is 9.96 Å². The molecule has 2 aliphatic heterocycles. The highest BCUT2D eigenvalue weighted by atomic mass is 32.1. The molecule has 0 spiro atoms. The predicted molar refractivity (Wildman–Crippen MR) is 150 cm³/mol. The van der Waals surface area contributed by atoms with Crippen molar-refractivity contribution in [3.05, 3.63) is 82.0 Å². The zero-order valence-electron chi connectivity index (χ0n) is 22.8. The molecule has 7 nitrogen and oxygen atoms in total. The molecule has 208 valence electrons. The molecule has 1 aromatic heterocycles. The van der Waals surface area contributed by atoms with Gasteiger partial charge in [0.15, 0.2) is 6.10 Å². The summed E-state index contributed by atoms with van der Waals surface area (Å²) < 4.78 is 19.0. The van der Waals surface area contributed by atoms with Gasteiger partial charge in [-0.2, -0.15) is 0 Å². The number of halogens is 1. The average Bonchev–Trinajstić information content (AvgIpc) is 3.58. The van der Waals surface area contributed by atoms with Crippen LogP contribution in [0.3, 0.4) is 0 Å². The van der Waals surface area contributed by atoms with Gasteiger partial charge in [0.05, 0.1) is 24.4 Å². The summed E-state index contributed by atoms with van der Waals surface area (Å²) in [6.07, 6.45) is 1.27. The fourth-order valence-corrected chi connectivity index (χ4v) is 7.62. The van der Waals surface area contributed by atoms with Gasteiger partial charge in [-0.1, -0.05) is 51.1 Å². The number of carbonyl (C=O) groups excluding carboxylic acids is 3. The molecule has 1 aliphatic carbocycles. The van der Waals surface area contributed by atoms with Crippen molar-refractivity contribution in [1.82, 2.24) is 0 Å². The molecule has 40 heavy (non-hydrogen) atoms. The number of carbonyl (C=O) groups is 3. The third-order valence-electron chi connectivity index (χ3n) is 8.40. The minimum Gasteiger partial charge on any atom is -0.465 e. The maximum atomic E-state index is 14.2. The number of imide groups is 1. The second-order valence-corrected chi connectivity index (χ2v) is 12.8. The lowest BCUT2D eigenvalue weighted by molar-refractivity contribution is -0.126. The number of methoxy groups -OCH3 is 1. The van der Waals surface area contributed by atoms with Crippen molar-refractivity contribution in [2.24, 2.45) is 17.3 Å². The van der Waals surface area contributed by atoms with Crippen molar-refractivity contribution >= 4 is 39.8 Å². The Hall–Kier alpha value is -3.56. The third kappa shape index (κ3) is 4.23. The van der Waals surface area contributed by atoms with Crippen LogP contribution in [0.25, 0.3) is 0 Å². The maximum absolute atomic E-state index is 14.2. The van der Waals surface area contributed by atoms with Crippen LogP contribution >= 0.6 is 11.3 Å². The van der Waals surface area contributed by atoms with E-state index < -0.39 is 41.7 Å². The van der Waals surface area contributed by atoms with E-state index in [2.05, 4.69) is 20.8 Å². The number of thiophene rings is 1. The molecular formula is C31H31FN2O5S. The lowest BCUT2D eigenvalue weighted by Gasteiger charge is -2.33. The van der Waals surface area contributed by atoms with Crippen LogP contribution in [0.1, 0.15) is 59.6 Å². The summed E-state index contributed by atoms with van der Waals surface area (Å²) in [6.45, 7) is 6.62. The summed E-state index contributed by atoms with van der Waals surface area (Å²) >= 11 is 1.33. The number of hydrogen-bond acceptors (Lipinski definition) is 7. The number of hydroxylamine groups is 1. The summed E-state index contributed by atoms with van der Waals surface area (Å²) in [6, 6.07) is 14.4. The van der Waals surface area contributed by atoms with Gasteiger partial charge in [-0.15, -0.1) is 11.3 Å². The summed E-state index contributed by atoms with van der Waals surface area (Å²) in [7, 11) is 1.31. The molecule has 2 aromatic carbocycles. The first-order valence-corrected chi connectivity index (χ1v) is 14.3. The summed E-state index contributed by atoms with van der Waals surface area (Å²) in [4.78, 5) is 49.6. The quantitative estimate of drug-likeness (QED) is 0.292. The minimum atomic E-state index is -1.09. The van der Waals surface area contributed by atoms with Gasteiger partial charge in [0.2, 0.25) is 5.91 Å². The number of amides is 2. The van der Waals surface area contributed by atoms with Gasteiger partial charge in [-0.3, -0.25) is 14.4 Å². The predicted octanol–water partition coefficient (Wildman–Crippen LogP) is 5.88. The number of fused-ring (bicyclic) bond motifs is 2. The molecule has 2 fully saturated rings. The fraction of sp³-hybridized carbons (Fsp3) is 0.387. The lowest BCUT2D eigenvalue weighted by atomic mass is 9.72. The normalized spacial score (nSPS) is 24.3. The summed E-state index contributed by atoms with van der Waals surface area (Å²) in [5.74, 6) is -2.39. The second kappa shape index (κ2) is 9.82. The lowest BCUT2D eigenvalue weighted by Crippen LogP contribution is -2.37. The maximum Gasteiger partial charge on any atom is 0.341 e. The van der Waals surface area contributed by atoms with E-state index in [1.807, 2.05) is 30.3 Å². The Labute approximate surface area is 236 Å². The van der Waals surface area contributed by atoms with Crippen molar-refractivity contribution in [3.63, 3.8) is 0 Å². The molecule has 3 aromatic rings. The Morgan fingerprint density at radius 2 is 1.75 bits per heavy atom. The summed E-state index contributed by atoms with van der Waals surface area (Å²) in [5, 5.41) is 1.88. The minimum absolute atomic E-state index is 0.0840. The van der Waals surface area contributed by atoms with Crippen LogP contribution in [0.15, 0.2) is 54.6 Å². The Balaban J connectivity index is 1.43. The molecule has 4 atom stereocenters. The zero-order chi connectivity index (χ0) is 28.3. The van der Waals surface area contributed by atoms with Gasteiger partial charge in [-0.05, 0) is 66.0 Å². The second-order valence-electron chi connectivity index (χ2n) is 11.7. The Morgan fingerprint density at radius 3 is 2.40 bits per heavy atom. The van der Waals surface area contributed by atoms with Crippen LogP contribution in [-0.2, 0) is 32.0 Å². The first-order chi connectivity index (χ1) is 19.1. The third-order valence-corrected chi connectivity index (χ3v) is 9.64. The first-order valence-electron chi connectivity index (χ1n) is 13.5. The smallest absolute Gasteiger partial charge is 0.341 e. The van der Waals surface area contributed by atoms with Gasteiger partial charge in [-0.25, -0.2) is 19.1 Å². The Kier molecular flexibility index (Phi) is 6.54. The highest BCUT2D eigenvalue weighted by molar-refractivity contribution is 7.17. The van der Waals surface area contributed by atoms with E-state index in [1.165, 1.54) is 30.6 Å². The number of hydrogen-bond donors (Lipinski definition) is 0.